The predicted octanol–water partition coefficient (Wildman–Crippen LogP) is 17.2. The summed E-state index contributed by atoms with van der Waals surface area (Å²) in [5, 5.41) is 10.2. The Balaban J connectivity index is 1.13. The molecule has 2 heterocycles. The number of nitrogens with zero attached hydrogens (tertiary/aromatic N) is 1. The second kappa shape index (κ2) is 13.8. The smallest absolute Gasteiger partial charge is 0.0640 e. The maximum absolute atomic E-state index is 2.48. The lowest BCUT2D eigenvalue weighted by atomic mass is 9.92. The Labute approximate surface area is 350 Å². The van der Waals surface area contributed by atoms with Crippen LogP contribution in [0.15, 0.2) is 212 Å². The molecule has 0 aliphatic carbocycles. The van der Waals surface area contributed by atoms with Gasteiger partial charge < -0.3 is 4.90 Å². The van der Waals surface area contributed by atoms with E-state index < -0.39 is 0 Å². The molecule has 12 rings (SSSR count). The van der Waals surface area contributed by atoms with Crippen molar-refractivity contribution in [3.8, 4) is 33.4 Å². The Hall–Kier alpha value is -7.04. The highest BCUT2D eigenvalue weighted by Crippen LogP contribution is 2.52. The molecule has 0 bridgehead atoms. The van der Waals surface area contributed by atoms with Crippen molar-refractivity contribution in [2.45, 2.75) is 0 Å². The van der Waals surface area contributed by atoms with Crippen LogP contribution in [0.5, 0.6) is 0 Å². The third kappa shape index (κ3) is 5.58. The van der Waals surface area contributed by atoms with E-state index in [1.165, 1.54) is 101 Å². The van der Waals surface area contributed by atoms with Gasteiger partial charge in [-0.05, 0) is 97.4 Å². The average Bonchev–Trinajstić information content (AvgIpc) is 3.90. The van der Waals surface area contributed by atoms with Crippen molar-refractivity contribution in [1.82, 2.24) is 0 Å². The van der Waals surface area contributed by atoms with Crippen LogP contribution in [0.25, 0.3) is 95.3 Å². The SMILES string of the molecule is c1ccc(-c2ccc(N(c3ccc4ccc5ccccc5c4c3)c3ccc(-c4ccc(-c5ccccc5)c5sc6ccccc6c45)c4c3sc3ccccc34)cc2)cc1. The van der Waals surface area contributed by atoms with Gasteiger partial charge >= 0.3 is 0 Å². The van der Waals surface area contributed by atoms with Gasteiger partial charge in [0.25, 0.3) is 0 Å². The number of anilines is 3. The lowest BCUT2D eigenvalue weighted by Crippen LogP contribution is -2.10. The van der Waals surface area contributed by atoms with Gasteiger partial charge in [0.1, 0.15) is 0 Å². The lowest BCUT2D eigenvalue weighted by Gasteiger charge is -2.27. The molecule has 0 aliphatic rings. The van der Waals surface area contributed by atoms with Gasteiger partial charge in [-0.15, -0.1) is 22.7 Å². The number of thiophene rings is 2. The maximum atomic E-state index is 2.48. The first-order valence-corrected chi connectivity index (χ1v) is 21.7. The van der Waals surface area contributed by atoms with E-state index in [-0.39, 0.29) is 0 Å². The fourth-order valence-corrected chi connectivity index (χ4v) is 11.6. The van der Waals surface area contributed by atoms with E-state index in [2.05, 4.69) is 217 Å². The van der Waals surface area contributed by atoms with Crippen LogP contribution in [0.3, 0.4) is 0 Å². The van der Waals surface area contributed by atoms with Gasteiger partial charge in [-0.1, -0.05) is 170 Å². The van der Waals surface area contributed by atoms with Crippen LogP contribution in [-0.2, 0) is 0 Å². The first-order valence-electron chi connectivity index (χ1n) is 20.1. The van der Waals surface area contributed by atoms with Crippen molar-refractivity contribution < 1.29 is 0 Å². The number of hydrogen-bond donors (Lipinski definition) is 0. The van der Waals surface area contributed by atoms with E-state index in [1.807, 2.05) is 22.7 Å². The molecule has 59 heavy (non-hydrogen) atoms. The second-order valence-corrected chi connectivity index (χ2v) is 17.3. The van der Waals surface area contributed by atoms with Crippen molar-refractivity contribution in [2.75, 3.05) is 4.90 Å². The molecule has 2 aromatic heterocycles. The Bertz CT molecular complexity index is 3540. The van der Waals surface area contributed by atoms with Crippen molar-refractivity contribution in [3.05, 3.63) is 212 Å². The van der Waals surface area contributed by atoms with E-state index in [0.29, 0.717) is 0 Å². The Morgan fingerprint density at radius 2 is 0.797 bits per heavy atom. The molecule has 0 unspecified atom stereocenters. The van der Waals surface area contributed by atoms with Gasteiger partial charge in [0.15, 0.2) is 0 Å². The van der Waals surface area contributed by atoms with Gasteiger partial charge in [0.2, 0.25) is 0 Å². The van der Waals surface area contributed by atoms with E-state index in [1.54, 1.807) is 0 Å². The summed E-state index contributed by atoms with van der Waals surface area (Å²) in [5.41, 5.74) is 10.9. The molecule has 0 spiro atoms. The molecule has 10 aromatic carbocycles. The number of benzene rings is 10. The molecule has 0 saturated heterocycles. The van der Waals surface area contributed by atoms with E-state index in [9.17, 15) is 0 Å². The van der Waals surface area contributed by atoms with E-state index >= 15 is 0 Å². The fourth-order valence-electron chi connectivity index (χ4n) is 9.10. The van der Waals surface area contributed by atoms with Crippen LogP contribution in [0, 0.1) is 0 Å². The summed E-state index contributed by atoms with van der Waals surface area (Å²) < 4.78 is 5.19. The summed E-state index contributed by atoms with van der Waals surface area (Å²) in [6.45, 7) is 0. The standard InChI is InChI=1S/C56H35NS2/c1-3-13-36(14-4-1)37-25-28-41(29-26-37)57(42-30-27-40-24-23-39-17-7-8-18-43(39)49(40)35-42)50-34-33-46(54-48-20-10-12-22-52(48)59-56(50)54)45-32-31-44(38-15-5-2-6-16-38)55-53(45)47-19-9-11-21-51(47)58-55/h1-35H. The molecule has 0 radical (unpaired) electrons. The average molecular weight is 786 g/mol. The largest absolute Gasteiger partial charge is 0.309 e. The van der Waals surface area contributed by atoms with Gasteiger partial charge in [-0.3, -0.25) is 0 Å². The molecule has 0 aliphatic heterocycles. The second-order valence-electron chi connectivity index (χ2n) is 15.2. The Morgan fingerprint density at radius 3 is 1.51 bits per heavy atom. The molecule has 0 atom stereocenters. The highest BCUT2D eigenvalue weighted by molar-refractivity contribution is 7.27. The highest BCUT2D eigenvalue weighted by atomic mass is 32.1. The molecule has 0 amide bonds. The van der Waals surface area contributed by atoms with Crippen LogP contribution in [0.1, 0.15) is 0 Å². The summed E-state index contributed by atoms with van der Waals surface area (Å²) in [6.07, 6.45) is 0. The third-order valence-electron chi connectivity index (χ3n) is 11.9. The first kappa shape index (κ1) is 34.0. The molecular weight excluding hydrogens is 751 g/mol. The first-order chi connectivity index (χ1) is 29.3. The van der Waals surface area contributed by atoms with Crippen LogP contribution < -0.4 is 4.90 Å². The topological polar surface area (TPSA) is 3.24 Å². The highest BCUT2D eigenvalue weighted by Gasteiger charge is 2.24. The van der Waals surface area contributed by atoms with Crippen molar-refractivity contribution in [2.24, 2.45) is 0 Å². The summed E-state index contributed by atoms with van der Waals surface area (Å²) in [4.78, 5) is 2.48. The summed E-state index contributed by atoms with van der Waals surface area (Å²) in [7, 11) is 0. The molecule has 1 nitrogen and oxygen atoms in total. The van der Waals surface area contributed by atoms with Gasteiger partial charge in [0, 0.05) is 47.0 Å². The number of fused-ring (bicyclic) bond motifs is 9. The monoisotopic (exact) mass is 785 g/mol. The van der Waals surface area contributed by atoms with Crippen molar-refractivity contribution >= 4 is 102 Å². The van der Waals surface area contributed by atoms with Gasteiger partial charge in [-0.25, -0.2) is 0 Å². The molecule has 0 N–H and O–H groups in total. The van der Waals surface area contributed by atoms with Crippen molar-refractivity contribution in [1.29, 1.82) is 0 Å². The van der Waals surface area contributed by atoms with Crippen LogP contribution in [0.4, 0.5) is 17.1 Å². The zero-order valence-corrected chi connectivity index (χ0v) is 33.6. The minimum absolute atomic E-state index is 1.12. The van der Waals surface area contributed by atoms with Gasteiger partial charge in [-0.2, -0.15) is 0 Å². The zero-order chi connectivity index (χ0) is 38.9. The van der Waals surface area contributed by atoms with E-state index in [0.717, 1.165) is 11.4 Å². The third-order valence-corrected chi connectivity index (χ3v) is 14.3. The van der Waals surface area contributed by atoms with E-state index in [4.69, 9.17) is 0 Å². The quantitative estimate of drug-likeness (QED) is 0.152. The summed E-state index contributed by atoms with van der Waals surface area (Å²) in [6, 6.07) is 78.1. The molecular formula is C56H35NS2. The lowest BCUT2D eigenvalue weighted by molar-refractivity contribution is 1.31. The molecule has 12 aromatic rings. The zero-order valence-electron chi connectivity index (χ0n) is 32.0. The minimum Gasteiger partial charge on any atom is -0.309 e. The van der Waals surface area contributed by atoms with Crippen LogP contribution in [0.2, 0.25) is 0 Å². The van der Waals surface area contributed by atoms with Crippen LogP contribution in [-0.4, -0.2) is 0 Å². The maximum Gasteiger partial charge on any atom is 0.0640 e. The predicted molar refractivity (Wildman–Crippen MR) is 258 cm³/mol. The summed E-state index contributed by atoms with van der Waals surface area (Å²) >= 11 is 3.79. The molecule has 276 valence electrons. The molecule has 3 heteroatoms. The normalized spacial score (nSPS) is 11.7. The Morgan fingerprint density at radius 1 is 0.305 bits per heavy atom. The molecule has 0 saturated carbocycles. The van der Waals surface area contributed by atoms with Gasteiger partial charge in [0.05, 0.1) is 10.4 Å². The Kier molecular flexibility index (Phi) is 7.97. The van der Waals surface area contributed by atoms with Crippen molar-refractivity contribution in [3.63, 3.8) is 0 Å². The van der Waals surface area contributed by atoms with Crippen LogP contribution >= 0.6 is 22.7 Å². The summed E-state index contributed by atoms with van der Waals surface area (Å²) in [5.74, 6) is 0. The number of rotatable bonds is 6. The minimum atomic E-state index is 1.12. The molecule has 0 fully saturated rings. The number of hydrogen-bond acceptors (Lipinski definition) is 3. The fraction of sp³-hybridized carbons (Fsp3) is 0.